The SMILES string of the molecule is O=C(CCN1Cc2ccccc2C(c2ccccc2)C1)N1CCN(c2ccccn2)CC1. The normalized spacial score (nSPS) is 18.9. The summed E-state index contributed by atoms with van der Waals surface area (Å²) in [5, 5.41) is 0. The Bertz CT molecular complexity index is 1030. The number of pyridine rings is 1. The van der Waals surface area contributed by atoms with Crippen LogP contribution in [-0.2, 0) is 11.3 Å². The van der Waals surface area contributed by atoms with Crippen LogP contribution in [0.2, 0.25) is 0 Å². The minimum atomic E-state index is 0.265. The molecule has 32 heavy (non-hydrogen) atoms. The van der Waals surface area contributed by atoms with Gasteiger partial charge in [-0.1, -0.05) is 60.7 Å². The number of amides is 1. The number of fused-ring (bicyclic) bond motifs is 1. The van der Waals surface area contributed by atoms with Gasteiger partial charge in [0.2, 0.25) is 5.91 Å². The van der Waals surface area contributed by atoms with Gasteiger partial charge in [0, 0.05) is 64.3 Å². The first-order chi connectivity index (χ1) is 15.8. The van der Waals surface area contributed by atoms with Crippen molar-refractivity contribution in [1.82, 2.24) is 14.8 Å². The maximum absolute atomic E-state index is 12.9. The lowest BCUT2D eigenvalue weighted by Gasteiger charge is -2.37. The number of carbonyl (C=O) groups is 1. The minimum Gasteiger partial charge on any atom is -0.353 e. The van der Waals surface area contributed by atoms with Crippen LogP contribution >= 0.6 is 0 Å². The van der Waals surface area contributed by atoms with E-state index in [1.807, 2.05) is 29.3 Å². The Labute approximate surface area is 190 Å². The molecular weight excluding hydrogens is 396 g/mol. The summed E-state index contributed by atoms with van der Waals surface area (Å²) in [6.07, 6.45) is 2.40. The van der Waals surface area contributed by atoms with Crippen molar-refractivity contribution in [1.29, 1.82) is 0 Å². The predicted octanol–water partition coefficient (Wildman–Crippen LogP) is 3.77. The van der Waals surface area contributed by atoms with E-state index in [4.69, 9.17) is 0 Å². The quantitative estimate of drug-likeness (QED) is 0.623. The second-order valence-electron chi connectivity index (χ2n) is 8.70. The average Bonchev–Trinajstić information content (AvgIpc) is 2.88. The Morgan fingerprint density at radius 1 is 0.875 bits per heavy atom. The zero-order chi connectivity index (χ0) is 21.8. The van der Waals surface area contributed by atoms with Crippen LogP contribution in [0.1, 0.15) is 29.0 Å². The van der Waals surface area contributed by atoms with Gasteiger partial charge in [0.05, 0.1) is 0 Å². The molecule has 0 N–H and O–H groups in total. The third kappa shape index (κ3) is 4.53. The van der Waals surface area contributed by atoms with Gasteiger partial charge in [-0.25, -0.2) is 4.98 Å². The van der Waals surface area contributed by atoms with E-state index in [1.54, 1.807) is 0 Å². The van der Waals surface area contributed by atoms with Gasteiger partial charge in [0.25, 0.3) is 0 Å². The smallest absolute Gasteiger partial charge is 0.223 e. The number of anilines is 1. The highest BCUT2D eigenvalue weighted by Gasteiger charge is 2.27. The van der Waals surface area contributed by atoms with Crippen molar-refractivity contribution >= 4 is 11.7 Å². The molecule has 0 spiro atoms. The third-order valence-corrected chi connectivity index (χ3v) is 6.71. The molecule has 1 unspecified atom stereocenters. The molecule has 0 radical (unpaired) electrons. The fraction of sp³-hybridized carbons (Fsp3) is 0.333. The van der Waals surface area contributed by atoms with Crippen LogP contribution in [0.3, 0.4) is 0 Å². The molecule has 0 bridgehead atoms. The lowest BCUT2D eigenvalue weighted by atomic mass is 9.84. The largest absolute Gasteiger partial charge is 0.353 e. The van der Waals surface area contributed by atoms with Gasteiger partial charge in [-0.15, -0.1) is 0 Å². The first-order valence-corrected chi connectivity index (χ1v) is 11.6. The molecule has 1 atom stereocenters. The van der Waals surface area contributed by atoms with Gasteiger partial charge in [-0.05, 0) is 28.8 Å². The van der Waals surface area contributed by atoms with Crippen molar-refractivity contribution in [3.63, 3.8) is 0 Å². The van der Waals surface area contributed by atoms with E-state index in [9.17, 15) is 4.79 Å². The highest BCUT2D eigenvalue weighted by molar-refractivity contribution is 5.76. The van der Waals surface area contributed by atoms with E-state index in [2.05, 4.69) is 69.4 Å². The van der Waals surface area contributed by atoms with Crippen LogP contribution in [0.5, 0.6) is 0 Å². The van der Waals surface area contributed by atoms with Crippen LogP contribution in [0.15, 0.2) is 79.0 Å². The van der Waals surface area contributed by atoms with Crippen LogP contribution in [0.4, 0.5) is 5.82 Å². The highest BCUT2D eigenvalue weighted by atomic mass is 16.2. The summed E-state index contributed by atoms with van der Waals surface area (Å²) in [6, 6.07) is 25.5. The van der Waals surface area contributed by atoms with Crippen molar-refractivity contribution in [2.24, 2.45) is 0 Å². The molecule has 2 aliphatic rings. The van der Waals surface area contributed by atoms with Crippen molar-refractivity contribution in [2.45, 2.75) is 18.9 Å². The second kappa shape index (κ2) is 9.53. The summed E-state index contributed by atoms with van der Waals surface area (Å²) in [4.78, 5) is 24.1. The van der Waals surface area contributed by atoms with Gasteiger partial charge in [0.1, 0.15) is 5.82 Å². The van der Waals surface area contributed by atoms with Gasteiger partial charge in [-0.2, -0.15) is 0 Å². The molecule has 164 valence electrons. The molecule has 3 aromatic rings. The van der Waals surface area contributed by atoms with Crippen LogP contribution in [-0.4, -0.2) is 60.0 Å². The molecule has 1 amide bonds. The Hall–Kier alpha value is -3.18. The maximum Gasteiger partial charge on any atom is 0.223 e. The van der Waals surface area contributed by atoms with Crippen molar-refractivity contribution in [3.05, 3.63) is 95.7 Å². The number of nitrogens with zero attached hydrogens (tertiary/aromatic N) is 4. The number of carbonyl (C=O) groups excluding carboxylic acids is 1. The number of piperazine rings is 1. The molecule has 5 rings (SSSR count). The molecule has 1 fully saturated rings. The molecule has 5 heteroatoms. The Morgan fingerprint density at radius 2 is 1.62 bits per heavy atom. The van der Waals surface area contributed by atoms with Crippen LogP contribution < -0.4 is 4.90 Å². The van der Waals surface area contributed by atoms with E-state index >= 15 is 0 Å². The van der Waals surface area contributed by atoms with Crippen molar-refractivity contribution in [2.75, 3.05) is 44.2 Å². The van der Waals surface area contributed by atoms with Gasteiger partial charge < -0.3 is 9.80 Å². The predicted molar refractivity (Wildman–Crippen MR) is 128 cm³/mol. The summed E-state index contributed by atoms with van der Waals surface area (Å²) in [7, 11) is 0. The van der Waals surface area contributed by atoms with E-state index in [-0.39, 0.29) is 5.91 Å². The monoisotopic (exact) mass is 426 g/mol. The number of aromatic nitrogens is 1. The lowest BCUT2D eigenvalue weighted by molar-refractivity contribution is -0.131. The van der Waals surface area contributed by atoms with Crippen LogP contribution in [0.25, 0.3) is 0 Å². The zero-order valence-corrected chi connectivity index (χ0v) is 18.4. The van der Waals surface area contributed by atoms with E-state index in [0.29, 0.717) is 12.3 Å². The van der Waals surface area contributed by atoms with Gasteiger partial charge in [0.15, 0.2) is 0 Å². The van der Waals surface area contributed by atoms with E-state index in [1.165, 1.54) is 16.7 Å². The number of rotatable bonds is 5. The van der Waals surface area contributed by atoms with Crippen molar-refractivity contribution in [3.8, 4) is 0 Å². The summed E-state index contributed by atoms with van der Waals surface area (Å²) in [5.74, 6) is 1.62. The Morgan fingerprint density at radius 3 is 2.41 bits per heavy atom. The maximum atomic E-state index is 12.9. The highest BCUT2D eigenvalue weighted by Crippen LogP contribution is 2.33. The molecule has 0 aliphatic carbocycles. The van der Waals surface area contributed by atoms with Gasteiger partial charge >= 0.3 is 0 Å². The second-order valence-corrected chi connectivity index (χ2v) is 8.70. The van der Waals surface area contributed by atoms with Crippen LogP contribution in [0, 0.1) is 0 Å². The number of hydrogen-bond donors (Lipinski definition) is 0. The third-order valence-electron chi connectivity index (χ3n) is 6.71. The lowest BCUT2D eigenvalue weighted by Crippen LogP contribution is -2.49. The molecule has 0 saturated carbocycles. The van der Waals surface area contributed by atoms with E-state index < -0.39 is 0 Å². The Kier molecular flexibility index (Phi) is 6.17. The molecular formula is C27H30N4O. The summed E-state index contributed by atoms with van der Waals surface area (Å²) < 4.78 is 0. The van der Waals surface area contributed by atoms with Crippen molar-refractivity contribution < 1.29 is 4.79 Å². The molecule has 1 aromatic heterocycles. The zero-order valence-electron chi connectivity index (χ0n) is 18.4. The average molecular weight is 427 g/mol. The minimum absolute atomic E-state index is 0.265. The first-order valence-electron chi connectivity index (χ1n) is 11.6. The molecule has 2 aromatic carbocycles. The number of benzene rings is 2. The van der Waals surface area contributed by atoms with E-state index in [0.717, 1.165) is 51.6 Å². The molecule has 3 heterocycles. The first kappa shape index (κ1) is 20.7. The topological polar surface area (TPSA) is 39.7 Å². The molecule has 1 saturated heterocycles. The summed E-state index contributed by atoms with van der Waals surface area (Å²) in [6.45, 7) is 5.90. The number of hydrogen-bond acceptors (Lipinski definition) is 4. The van der Waals surface area contributed by atoms with Gasteiger partial charge in [-0.3, -0.25) is 9.69 Å². The summed E-state index contributed by atoms with van der Waals surface area (Å²) >= 11 is 0. The fourth-order valence-corrected chi connectivity index (χ4v) is 4.96. The fourth-order valence-electron chi connectivity index (χ4n) is 4.96. The standard InChI is InChI=1S/C27H30N4O/c32-27(31-18-16-30(17-19-31)26-12-6-7-14-28-26)13-15-29-20-23-10-4-5-11-24(23)25(21-29)22-8-2-1-3-9-22/h1-12,14,25H,13,15-21H2. The molecule has 2 aliphatic heterocycles. The summed E-state index contributed by atoms with van der Waals surface area (Å²) in [5.41, 5.74) is 4.15. The Balaban J connectivity index is 1.19. The molecule has 5 nitrogen and oxygen atoms in total.